The van der Waals surface area contributed by atoms with Crippen molar-refractivity contribution in [2.75, 3.05) is 5.32 Å². The normalized spacial score (nSPS) is 10.7. The first kappa shape index (κ1) is 17.0. The van der Waals surface area contributed by atoms with Gasteiger partial charge in [0.1, 0.15) is 0 Å². The molecule has 3 rings (SSSR count). The molecule has 2 heterocycles. The molecule has 0 unspecified atom stereocenters. The molecule has 3 aromatic rings. The Morgan fingerprint density at radius 1 is 1.16 bits per heavy atom. The van der Waals surface area contributed by atoms with Crippen molar-refractivity contribution in [1.82, 2.24) is 15.2 Å². The van der Waals surface area contributed by atoms with Gasteiger partial charge in [-0.1, -0.05) is 23.9 Å². The minimum atomic E-state index is -0.317. The second-order valence-corrected chi connectivity index (χ2v) is 6.78. The van der Waals surface area contributed by atoms with Crippen LogP contribution in [0.1, 0.15) is 27.4 Å². The maximum Gasteiger partial charge on any atom is 0.255 e. The summed E-state index contributed by atoms with van der Waals surface area (Å²) in [5.41, 5.74) is 3.26. The highest BCUT2D eigenvalue weighted by molar-refractivity contribution is 7.99. The molecule has 0 saturated heterocycles. The van der Waals surface area contributed by atoms with Crippen LogP contribution in [0, 0.1) is 20.8 Å². The van der Waals surface area contributed by atoms with Gasteiger partial charge in [0.2, 0.25) is 5.56 Å². The summed E-state index contributed by atoms with van der Waals surface area (Å²) in [6.07, 6.45) is 0. The summed E-state index contributed by atoms with van der Waals surface area (Å²) >= 11 is 1.54. The zero-order valence-corrected chi connectivity index (χ0v) is 15.0. The van der Waals surface area contributed by atoms with E-state index in [-0.39, 0.29) is 11.5 Å². The summed E-state index contributed by atoms with van der Waals surface area (Å²) in [5, 5.41) is 10.0. The fraction of sp³-hybridized carbons (Fsp3) is 0.167. The molecule has 0 saturated carbocycles. The van der Waals surface area contributed by atoms with Crippen molar-refractivity contribution < 1.29 is 4.79 Å². The highest BCUT2D eigenvalue weighted by Gasteiger charge is 2.14. The second-order valence-electron chi connectivity index (χ2n) is 5.73. The Morgan fingerprint density at radius 2 is 1.92 bits per heavy atom. The number of para-hydroxylation sites is 1. The number of H-pyrrole nitrogens is 2. The Morgan fingerprint density at radius 3 is 2.60 bits per heavy atom. The zero-order valence-electron chi connectivity index (χ0n) is 14.1. The van der Waals surface area contributed by atoms with Crippen LogP contribution in [0.2, 0.25) is 0 Å². The number of nitrogens with zero attached hydrogens (tertiary/aromatic N) is 1. The van der Waals surface area contributed by atoms with Crippen LogP contribution in [0.3, 0.4) is 0 Å². The van der Waals surface area contributed by atoms with Crippen LogP contribution in [0.25, 0.3) is 0 Å². The number of anilines is 1. The Labute approximate surface area is 149 Å². The lowest BCUT2D eigenvalue weighted by atomic mass is 10.2. The number of carbonyl (C=O) groups is 1. The first-order chi connectivity index (χ1) is 11.9. The molecule has 0 spiro atoms. The molecule has 0 aliphatic heterocycles. The number of rotatable bonds is 4. The van der Waals surface area contributed by atoms with E-state index in [9.17, 15) is 9.59 Å². The zero-order chi connectivity index (χ0) is 18.0. The lowest BCUT2D eigenvalue weighted by Crippen LogP contribution is -2.17. The van der Waals surface area contributed by atoms with Gasteiger partial charge in [-0.05, 0) is 39.0 Å². The van der Waals surface area contributed by atoms with Crippen molar-refractivity contribution in [3.05, 3.63) is 69.4 Å². The van der Waals surface area contributed by atoms with Gasteiger partial charge in [0.25, 0.3) is 5.91 Å². The molecule has 7 heteroatoms. The number of nitrogens with one attached hydrogen (secondary N) is 3. The number of hydrogen-bond donors (Lipinski definition) is 3. The maximum absolute atomic E-state index is 12.5. The predicted octanol–water partition coefficient (Wildman–Crippen LogP) is 3.43. The SMILES string of the molecule is Cc1cc(C(=O)Nc2ccccc2Sc2c(C)n[nH]c2C)cc(=O)[nH]1. The molecule has 0 bridgehead atoms. The van der Waals surface area contributed by atoms with E-state index >= 15 is 0 Å². The first-order valence-corrected chi connectivity index (χ1v) is 8.56. The van der Waals surface area contributed by atoms with Gasteiger partial charge in [-0.2, -0.15) is 5.10 Å². The summed E-state index contributed by atoms with van der Waals surface area (Å²) < 4.78 is 0. The van der Waals surface area contributed by atoms with Crippen molar-refractivity contribution in [2.24, 2.45) is 0 Å². The summed E-state index contributed by atoms with van der Waals surface area (Å²) in [5.74, 6) is -0.317. The Kier molecular flexibility index (Phi) is 4.76. The summed E-state index contributed by atoms with van der Waals surface area (Å²) in [6.45, 7) is 5.64. The van der Waals surface area contributed by atoms with Gasteiger partial charge in [0.15, 0.2) is 0 Å². The highest BCUT2D eigenvalue weighted by atomic mass is 32.2. The third-order valence-electron chi connectivity index (χ3n) is 3.65. The predicted molar refractivity (Wildman–Crippen MR) is 98.4 cm³/mol. The van der Waals surface area contributed by atoms with Crippen molar-refractivity contribution >= 4 is 23.4 Å². The van der Waals surface area contributed by atoms with E-state index in [0.29, 0.717) is 16.9 Å². The van der Waals surface area contributed by atoms with Gasteiger partial charge in [0, 0.05) is 27.9 Å². The second kappa shape index (κ2) is 6.98. The average Bonchev–Trinajstić information content (AvgIpc) is 2.87. The van der Waals surface area contributed by atoms with Gasteiger partial charge in [-0.25, -0.2) is 0 Å². The molecule has 3 N–H and O–H groups in total. The molecular formula is C18H18N4O2S. The fourth-order valence-corrected chi connectivity index (χ4v) is 3.46. The number of amides is 1. The molecule has 1 amide bonds. The lowest BCUT2D eigenvalue weighted by molar-refractivity contribution is 0.102. The van der Waals surface area contributed by atoms with Gasteiger partial charge >= 0.3 is 0 Å². The first-order valence-electron chi connectivity index (χ1n) is 7.75. The van der Waals surface area contributed by atoms with Crippen LogP contribution in [0.4, 0.5) is 5.69 Å². The van der Waals surface area contributed by atoms with Gasteiger partial charge < -0.3 is 10.3 Å². The minimum absolute atomic E-state index is 0.294. The number of carbonyl (C=O) groups excluding carboxylic acids is 1. The van der Waals surface area contributed by atoms with Crippen molar-refractivity contribution in [1.29, 1.82) is 0 Å². The molecule has 0 aliphatic rings. The number of aromatic nitrogens is 3. The number of hydrogen-bond acceptors (Lipinski definition) is 4. The third kappa shape index (κ3) is 3.83. The molecular weight excluding hydrogens is 336 g/mol. The highest BCUT2D eigenvalue weighted by Crippen LogP contribution is 2.36. The van der Waals surface area contributed by atoms with Gasteiger partial charge in [0.05, 0.1) is 16.3 Å². The van der Waals surface area contributed by atoms with Crippen molar-refractivity contribution in [3.8, 4) is 0 Å². The van der Waals surface area contributed by atoms with Crippen LogP contribution in [0.15, 0.2) is 51.0 Å². The average molecular weight is 354 g/mol. The quantitative estimate of drug-likeness (QED) is 0.669. The Balaban J connectivity index is 1.88. The van der Waals surface area contributed by atoms with Crippen molar-refractivity contribution in [2.45, 2.75) is 30.6 Å². The summed E-state index contributed by atoms with van der Waals surface area (Å²) in [4.78, 5) is 28.7. The molecule has 25 heavy (non-hydrogen) atoms. The largest absolute Gasteiger partial charge is 0.326 e. The van der Waals surface area contributed by atoms with Gasteiger partial charge in [-0.15, -0.1) is 0 Å². The van der Waals surface area contributed by atoms with E-state index in [1.807, 2.05) is 38.1 Å². The maximum atomic E-state index is 12.5. The van der Waals surface area contributed by atoms with E-state index in [1.165, 1.54) is 6.07 Å². The molecule has 0 aliphatic carbocycles. The standard InChI is InChI=1S/C18H18N4O2S/c1-10-8-13(9-16(23)19-10)18(24)20-14-6-4-5-7-15(14)25-17-11(2)21-22-12(17)3/h4-9H,1-3H3,(H,19,23)(H,20,24)(H,21,22). The molecule has 0 radical (unpaired) electrons. The number of aromatic amines is 2. The van der Waals surface area contributed by atoms with Crippen LogP contribution < -0.4 is 10.9 Å². The van der Waals surface area contributed by atoms with Crippen molar-refractivity contribution in [3.63, 3.8) is 0 Å². The monoisotopic (exact) mass is 354 g/mol. The van der Waals surface area contributed by atoms with E-state index in [1.54, 1.807) is 24.8 Å². The van der Waals surface area contributed by atoms with E-state index in [0.717, 1.165) is 21.2 Å². The van der Waals surface area contributed by atoms with Crippen LogP contribution in [0.5, 0.6) is 0 Å². The number of pyridine rings is 1. The molecule has 128 valence electrons. The Bertz CT molecular complexity index is 971. The number of aryl methyl sites for hydroxylation is 3. The number of benzene rings is 1. The fourth-order valence-electron chi connectivity index (χ4n) is 2.47. The van der Waals surface area contributed by atoms with Crippen LogP contribution >= 0.6 is 11.8 Å². The molecule has 6 nitrogen and oxygen atoms in total. The molecule has 0 fully saturated rings. The summed E-state index contributed by atoms with van der Waals surface area (Å²) in [6, 6.07) is 10.5. The van der Waals surface area contributed by atoms with E-state index in [4.69, 9.17) is 0 Å². The topological polar surface area (TPSA) is 90.6 Å². The smallest absolute Gasteiger partial charge is 0.255 e. The lowest BCUT2D eigenvalue weighted by Gasteiger charge is -2.11. The molecule has 1 aromatic carbocycles. The van der Waals surface area contributed by atoms with Gasteiger partial charge in [-0.3, -0.25) is 14.7 Å². The molecule has 0 atom stereocenters. The Hall–Kier alpha value is -2.80. The third-order valence-corrected chi connectivity index (χ3v) is 5.03. The van der Waals surface area contributed by atoms with Crippen LogP contribution in [-0.2, 0) is 0 Å². The molecule has 2 aromatic heterocycles. The van der Waals surface area contributed by atoms with E-state index in [2.05, 4.69) is 20.5 Å². The van der Waals surface area contributed by atoms with E-state index < -0.39 is 0 Å². The van der Waals surface area contributed by atoms with Crippen LogP contribution in [-0.4, -0.2) is 21.1 Å². The minimum Gasteiger partial charge on any atom is -0.326 e. The summed E-state index contributed by atoms with van der Waals surface area (Å²) in [7, 11) is 0.